The molecule has 0 aliphatic carbocycles. The lowest BCUT2D eigenvalue weighted by atomic mass is 10.2. The molecule has 0 bridgehead atoms. The van der Waals surface area contributed by atoms with Crippen molar-refractivity contribution in [1.82, 2.24) is 0 Å². The molecule has 1 unspecified atom stereocenters. The largest absolute Gasteiger partial charge is 0.465 e. The van der Waals surface area contributed by atoms with Gasteiger partial charge in [0, 0.05) is 17.8 Å². The Balaban J connectivity index is 2.98. The Bertz CT molecular complexity index is 370. The highest BCUT2D eigenvalue weighted by molar-refractivity contribution is 6.30. The van der Waals surface area contributed by atoms with Gasteiger partial charge in [-0.3, -0.25) is 4.90 Å². The summed E-state index contributed by atoms with van der Waals surface area (Å²) >= 11 is 5.82. The van der Waals surface area contributed by atoms with Crippen LogP contribution in [0, 0.1) is 0 Å². The first-order valence-corrected chi connectivity index (χ1v) is 5.20. The highest BCUT2D eigenvalue weighted by atomic mass is 35.5. The minimum atomic E-state index is -1.02. The molecule has 0 saturated carbocycles. The Hall–Kier alpha value is -1.26. The Morgan fingerprint density at radius 1 is 1.62 bits per heavy atom. The highest BCUT2D eigenvalue weighted by Gasteiger charge is 2.21. The normalized spacial score (nSPS) is 12.2. The quantitative estimate of drug-likeness (QED) is 0.885. The molecule has 1 aromatic rings. The molecule has 0 heterocycles. The lowest BCUT2D eigenvalue weighted by molar-refractivity contribution is 0.168. The van der Waals surface area contributed by atoms with Crippen LogP contribution in [-0.4, -0.2) is 31.0 Å². The van der Waals surface area contributed by atoms with Crippen LogP contribution in [-0.2, 0) is 4.74 Å². The van der Waals surface area contributed by atoms with Crippen molar-refractivity contribution >= 4 is 23.4 Å². The number of rotatable bonds is 4. The number of anilines is 1. The van der Waals surface area contributed by atoms with Crippen LogP contribution in [0.3, 0.4) is 0 Å². The van der Waals surface area contributed by atoms with E-state index in [1.54, 1.807) is 31.2 Å². The third kappa shape index (κ3) is 3.12. The fourth-order valence-corrected chi connectivity index (χ4v) is 1.68. The van der Waals surface area contributed by atoms with E-state index in [1.165, 1.54) is 12.0 Å². The Morgan fingerprint density at radius 2 is 2.31 bits per heavy atom. The van der Waals surface area contributed by atoms with Crippen molar-refractivity contribution in [2.75, 3.05) is 18.6 Å². The van der Waals surface area contributed by atoms with Crippen molar-refractivity contribution in [2.24, 2.45) is 0 Å². The number of hydrogen-bond donors (Lipinski definition) is 1. The zero-order chi connectivity index (χ0) is 12.1. The number of carbonyl (C=O) groups is 1. The van der Waals surface area contributed by atoms with E-state index in [0.29, 0.717) is 17.3 Å². The Labute approximate surface area is 99.4 Å². The van der Waals surface area contributed by atoms with Gasteiger partial charge in [-0.1, -0.05) is 17.7 Å². The second-order valence-electron chi connectivity index (χ2n) is 3.44. The minimum Gasteiger partial charge on any atom is -0.465 e. The van der Waals surface area contributed by atoms with Crippen molar-refractivity contribution in [3.8, 4) is 0 Å². The molecule has 0 radical (unpaired) electrons. The molecule has 0 aliphatic heterocycles. The maximum atomic E-state index is 11.2. The standard InChI is InChI=1S/C11H14ClNO3/c1-8(7-16-2)13(11(14)15)10-5-3-4-9(12)6-10/h3-6,8H,7H2,1-2H3,(H,14,15). The van der Waals surface area contributed by atoms with E-state index in [0.717, 1.165) is 0 Å². The summed E-state index contributed by atoms with van der Waals surface area (Å²) in [5, 5.41) is 9.65. The van der Waals surface area contributed by atoms with E-state index in [2.05, 4.69) is 0 Å². The molecule has 0 saturated heterocycles. The number of amides is 1. The summed E-state index contributed by atoms with van der Waals surface area (Å²) in [5.41, 5.74) is 0.546. The van der Waals surface area contributed by atoms with Gasteiger partial charge in [0.25, 0.3) is 0 Å². The molecule has 1 aromatic carbocycles. The van der Waals surface area contributed by atoms with Crippen LogP contribution in [0.25, 0.3) is 0 Å². The molecule has 5 heteroatoms. The topological polar surface area (TPSA) is 49.8 Å². The van der Waals surface area contributed by atoms with Gasteiger partial charge in [-0.2, -0.15) is 0 Å². The molecule has 88 valence electrons. The zero-order valence-electron chi connectivity index (χ0n) is 9.18. The van der Waals surface area contributed by atoms with Crippen molar-refractivity contribution in [1.29, 1.82) is 0 Å². The predicted molar refractivity (Wildman–Crippen MR) is 63.3 cm³/mol. The van der Waals surface area contributed by atoms with E-state index < -0.39 is 6.09 Å². The van der Waals surface area contributed by atoms with Crippen molar-refractivity contribution in [3.63, 3.8) is 0 Å². The lowest BCUT2D eigenvalue weighted by Gasteiger charge is -2.25. The molecule has 1 rings (SSSR count). The SMILES string of the molecule is COCC(C)N(C(=O)O)c1cccc(Cl)c1. The second-order valence-corrected chi connectivity index (χ2v) is 3.87. The van der Waals surface area contributed by atoms with Crippen LogP contribution in [0.2, 0.25) is 5.02 Å². The van der Waals surface area contributed by atoms with Gasteiger partial charge < -0.3 is 9.84 Å². The average molecular weight is 244 g/mol. The first-order chi connectivity index (χ1) is 7.56. The summed E-state index contributed by atoms with van der Waals surface area (Å²) in [4.78, 5) is 12.4. The summed E-state index contributed by atoms with van der Waals surface area (Å²) in [7, 11) is 1.54. The summed E-state index contributed by atoms with van der Waals surface area (Å²) in [6, 6.07) is 6.47. The van der Waals surface area contributed by atoms with Crippen LogP contribution < -0.4 is 4.90 Å². The second kappa shape index (κ2) is 5.72. The first kappa shape index (κ1) is 12.8. The summed E-state index contributed by atoms with van der Waals surface area (Å²) in [6.07, 6.45) is -1.02. The predicted octanol–water partition coefficient (Wildman–Crippen LogP) is 2.86. The van der Waals surface area contributed by atoms with Crippen molar-refractivity contribution < 1.29 is 14.6 Å². The average Bonchev–Trinajstić information content (AvgIpc) is 2.17. The maximum Gasteiger partial charge on any atom is 0.412 e. The molecule has 0 spiro atoms. The first-order valence-electron chi connectivity index (χ1n) is 4.83. The third-order valence-corrected chi connectivity index (χ3v) is 2.38. The molecule has 16 heavy (non-hydrogen) atoms. The highest BCUT2D eigenvalue weighted by Crippen LogP contribution is 2.21. The fraction of sp³-hybridized carbons (Fsp3) is 0.364. The van der Waals surface area contributed by atoms with Gasteiger partial charge in [0.1, 0.15) is 0 Å². The minimum absolute atomic E-state index is 0.263. The molecule has 0 aliphatic rings. The maximum absolute atomic E-state index is 11.2. The van der Waals surface area contributed by atoms with Gasteiger partial charge in [0.05, 0.1) is 12.6 Å². The van der Waals surface area contributed by atoms with Crippen LogP contribution in [0.15, 0.2) is 24.3 Å². The number of hydrogen-bond acceptors (Lipinski definition) is 2. The van der Waals surface area contributed by atoms with E-state index >= 15 is 0 Å². The molecule has 1 N–H and O–H groups in total. The third-order valence-electron chi connectivity index (χ3n) is 2.14. The van der Waals surface area contributed by atoms with E-state index in [1.807, 2.05) is 0 Å². The van der Waals surface area contributed by atoms with Gasteiger partial charge in [-0.25, -0.2) is 4.79 Å². The van der Waals surface area contributed by atoms with E-state index in [9.17, 15) is 4.79 Å². The van der Waals surface area contributed by atoms with E-state index in [4.69, 9.17) is 21.4 Å². The molecule has 1 amide bonds. The van der Waals surface area contributed by atoms with Gasteiger partial charge in [-0.15, -0.1) is 0 Å². The number of methoxy groups -OCH3 is 1. The Kier molecular flexibility index (Phi) is 4.58. The number of ether oxygens (including phenoxy) is 1. The Morgan fingerprint density at radius 3 is 2.81 bits per heavy atom. The lowest BCUT2D eigenvalue weighted by Crippen LogP contribution is -2.40. The smallest absolute Gasteiger partial charge is 0.412 e. The van der Waals surface area contributed by atoms with Crippen molar-refractivity contribution in [3.05, 3.63) is 29.3 Å². The summed E-state index contributed by atoms with van der Waals surface area (Å²) < 4.78 is 4.95. The van der Waals surface area contributed by atoms with Crippen LogP contribution >= 0.6 is 11.6 Å². The fourth-order valence-electron chi connectivity index (χ4n) is 1.50. The van der Waals surface area contributed by atoms with Crippen LogP contribution in [0.4, 0.5) is 10.5 Å². The summed E-state index contributed by atoms with van der Waals surface area (Å²) in [5.74, 6) is 0. The van der Waals surface area contributed by atoms with Gasteiger partial charge in [-0.05, 0) is 25.1 Å². The molecule has 4 nitrogen and oxygen atoms in total. The molecular weight excluding hydrogens is 230 g/mol. The zero-order valence-corrected chi connectivity index (χ0v) is 9.94. The van der Waals surface area contributed by atoms with Crippen molar-refractivity contribution in [2.45, 2.75) is 13.0 Å². The molecule has 0 aromatic heterocycles. The van der Waals surface area contributed by atoms with E-state index in [-0.39, 0.29) is 6.04 Å². The number of carboxylic acid groups (broad SMARTS) is 1. The van der Waals surface area contributed by atoms with Crippen LogP contribution in [0.1, 0.15) is 6.92 Å². The number of nitrogens with zero attached hydrogens (tertiary/aromatic N) is 1. The monoisotopic (exact) mass is 243 g/mol. The van der Waals surface area contributed by atoms with Gasteiger partial charge >= 0.3 is 6.09 Å². The number of benzene rings is 1. The number of halogens is 1. The molecular formula is C11H14ClNO3. The molecule has 1 atom stereocenters. The molecule has 0 fully saturated rings. The van der Waals surface area contributed by atoms with Crippen LogP contribution in [0.5, 0.6) is 0 Å². The van der Waals surface area contributed by atoms with Gasteiger partial charge in [0.15, 0.2) is 0 Å². The summed E-state index contributed by atoms with van der Waals surface area (Å²) in [6.45, 7) is 2.11. The van der Waals surface area contributed by atoms with Gasteiger partial charge in [0.2, 0.25) is 0 Å².